The summed E-state index contributed by atoms with van der Waals surface area (Å²) in [6, 6.07) is 19.3. The maximum absolute atomic E-state index is 5.54. The molecule has 0 saturated heterocycles. The maximum atomic E-state index is 5.54. The SMILES string of the molecule is S=C([O][Pb][O]C(=S)c1ccccc1)c1ccccc1. The minimum atomic E-state index is -1.76. The molecule has 0 N–H and O–H groups in total. The van der Waals surface area contributed by atoms with Crippen molar-refractivity contribution in [3.05, 3.63) is 71.8 Å². The van der Waals surface area contributed by atoms with Crippen molar-refractivity contribution in [3.63, 3.8) is 0 Å². The molecule has 2 rings (SSSR count). The molecule has 0 aliphatic rings. The van der Waals surface area contributed by atoms with Gasteiger partial charge in [0, 0.05) is 0 Å². The zero-order valence-corrected chi connectivity index (χ0v) is 15.4. The van der Waals surface area contributed by atoms with Gasteiger partial charge in [-0.05, 0) is 0 Å². The Hall–Kier alpha value is -0.858. The van der Waals surface area contributed by atoms with Crippen LogP contribution in [0.2, 0.25) is 0 Å². The molecule has 2 radical (unpaired) electrons. The van der Waals surface area contributed by atoms with Gasteiger partial charge in [-0.25, -0.2) is 0 Å². The molecule has 0 aliphatic heterocycles. The van der Waals surface area contributed by atoms with Crippen LogP contribution in [0.1, 0.15) is 11.1 Å². The monoisotopic (exact) mass is 482 g/mol. The van der Waals surface area contributed by atoms with Crippen LogP contribution in [0.5, 0.6) is 0 Å². The molecular formula is C14H10O2PbS2. The molecule has 0 spiro atoms. The van der Waals surface area contributed by atoms with Crippen LogP contribution in [0.25, 0.3) is 0 Å². The molecule has 5 heteroatoms. The number of hydrogen-bond donors (Lipinski definition) is 0. The Kier molecular flexibility index (Phi) is 5.87. The van der Waals surface area contributed by atoms with Crippen LogP contribution in [-0.4, -0.2) is 35.2 Å². The molecule has 0 aromatic heterocycles. The van der Waals surface area contributed by atoms with Crippen LogP contribution in [-0.2, 0) is 5.37 Å². The third kappa shape index (κ3) is 4.63. The van der Waals surface area contributed by atoms with Gasteiger partial charge in [-0.1, -0.05) is 0 Å². The molecule has 0 amide bonds. The van der Waals surface area contributed by atoms with Gasteiger partial charge >= 0.3 is 137 Å². The zero-order chi connectivity index (χ0) is 13.5. The van der Waals surface area contributed by atoms with E-state index < -0.39 is 25.1 Å². The molecule has 19 heavy (non-hydrogen) atoms. The van der Waals surface area contributed by atoms with E-state index in [1.165, 1.54) is 0 Å². The van der Waals surface area contributed by atoms with E-state index in [4.69, 9.17) is 29.8 Å². The first-order chi connectivity index (χ1) is 9.27. The fourth-order valence-corrected chi connectivity index (χ4v) is 3.90. The quantitative estimate of drug-likeness (QED) is 0.493. The molecule has 0 saturated carbocycles. The van der Waals surface area contributed by atoms with Crippen molar-refractivity contribution < 1.29 is 5.37 Å². The molecular weight excluding hydrogens is 471 g/mol. The van der Waals surface area contributed by atoms with E-state index in [0.29, 0.717) is 10.1 Å². The second kappa shape index (κ2) is 7.66. The van der Waals surface area contributed by atoms with Gasteiger partial charge in [0.25, 0.3) is 0 Å². The Morgan fingerprint density at radius 1 is 0.684 bits per heavy atom. The number of thiocarbonyl (C=S) groups is 2. The van der Waals surface area contributed by atoms with Crippen LogP contribution in [0.15, 0.2) is 60.7 Å². The summed E-state index contributed by atoms with van der Waals surface area (Å²) in [7, 11) is 0. The van der Waals surface area contributed by atoms with E-state index in [9.17, 15) is 0 Å². The fraction of sp³-hybridized carbons (Fsp3) is 0. The van der Waals surface area contributed by atoms with Crippen molar-refractivity contribution >= 4 is 59.7 Å². The first-order valence-electron chi connectivity index (χ1n) is 5.55. The van der Waals surface area contributed by atoms with Gasteiger partial charge in [0.2, 0.25) is 0 Å². The Bertz CT molecular complexity index is 507. The zero-order valence-electron chi connectivity index (χ0n) is 9.91. The summed E-state index contributed by atoms with van der Waals surface area (Å²) < 4.78 is 11.1. The number of benzene rings is 2. The van der Waals surface area contributed by atoms with Crippen LogP contribution in [0.3, 0.4) is 0 Å². The van der Waals surface area contributed by atoms with Crippen molar-refractivity contribution in [1.82, 2.24) is 0 Å². The first-order valence-corrected chi connectivity index (χ1v) is 9.54. The van der Waals surface area contributed by atoms with Crippen molar-refractivity contribution in [1.29, 1.82) is 0 Å². The molecule has 0 unspecified atom stereocenters. The standard InChI is InChI=1S/2C7H6OS.Pb/c2*8-7(9)6-4-2-1-3-5-6;/h2*1-5H,(H,8,9);/q;;+2/p-2. The van der Waals surface area contributed by atoms with Crippen LogP contribution < -0.4 is 0 Å². The van der Waals surface area contributed by atoms with Gasteiger partial charge in [-0.2, -0.15) is 0 Å². The summed E-state index contributed by atoms with van der Waals surface area (Å²) in [5, 5.41) is 0.972. The van der Waals surface area contributed by atoms with Gasteiger partial charge in [-0.3, -0.25) is 0 Å². The van der Waals surface area contributed by atoms with Gasteiger partial charge in [0.1, 0.15) is 0 Å². The second-order valence-electron chi connectivity index (χ2n) is 3.59. The summed E-state index contributed by atoms with van der Waals surface area (Å²) >= 11 is 8.62. The van der Waals surface area contributed by atoms with E-state index in [0.717, 1.165) is 11.1 Å². The van der Waals surface area contributed by atoms with Gasteiger partial charge in [0.05, 0.1) is 0 Å². The van der Waals surface area contributed by atoms with Crippen molar-refractivity contribution in [3.8, 4) is 0 Å². The van der Waals surface area contributed by atoms with Crippen LogP contribution in [0, 0.1) is 0 Å². The van der Waals surface area contributed by atoms with Gasteiger partial charge < -0.3 is 0 Å². The summed E-state index contributed by atoms with van der Waals surface area (Å²) in [6.07, 6.45) is 0. The topological polar surface area (TPSA) is 18.5 Å². The second-order valence-corrected chi connectivity index (χ2v) is 6.57. The van der Waals surface area contributed by atoms with E-state index in [2.05, 4.69) is 0 Å². The average Bonchev–Trinajstić information content (AvgIpc) is 2.49. The van der Waals surface area contributed by atoms with Gasteiger partial charge in [0.15, 0.2) is 0 Å². The third-order valence-electron chi connectivity index (χ3n) is 2.29. The predicted octanol–water partition coefficient (Wildman–Crippen LogP) is 3.31. The Balaban J connectivity index is 1.81. The van der Waals surface area contributed by atoms with Gasteiger partial charge in [-0.15, -0.1) is 0 Å². The van der Waals surface area contributed by atoms with Crippen molar-refractivity contribution in [2.45, 2.75) is 0 Å². The molecule has 2 aromatic carbocycles. The molecule has 94 valence electrons. The van der Waals surface area contributed by atoms with Crippen molar-refractivity contribution in [2.75, 3.05) is 0 Å². The first kappa shape index (κ1) is 14.5. The van der Waals surface area contributed by atoms with E-state index in [1.54, 1.807) is 0 Å². The summed E-state index contributed by atoms with van der Waals surface area (Å²) in [6.45, 7) is 0. The summed E-state index contributed by atoms with van der Waals surface area (Å²) in [5.74, 6) is 0. The Morgan fingerprint density at radius 3 is 1.42 bits per heavy atom. The van der Waals surface area contributed by atoms with E-state index in [-0.39, 0.29) is 0 Å². The fourth-order valence-electron chi connectivity index (χ4n) is 1.36. The van der Waals surface area contributed by atoms with E-state index in [1.807, 2.05) is 60.7 Å². The van der Waals surface area contributed by atoms with Crippen molar-refractivity contribution in [2.24, 2.45) is 0 Å². The molecule has 0 fully saturated rings. The normalized spacial score (nSPS) is 9.68. The number of hydrogen-bond acceptors (Lipinski definition) is 4. The Morgan fingerprint density at radius 2 is 1.05 bits per heavy atom. The minimum absolute atomic E-state index is 0.486. The summed E-state index contributed by atoms with van der Waals surface area (Å²) in [4.78, 5) is 0. The number of rotatable bonds is 4. The van der Waals surface area contributed by atoms with Crippen LogP contribution in [0.4, 0.5) is 0 Å². The molecule has 2 nitrogen and oxygen atoms in total. The van der Waals surface area contributed by atoms with Crippen LogP contribution >= 0.6 is 24.4 Å². The third-order valence-corrected chi connectivity index (χ3v) is 6.31. The predicted molar refractivity (Wildman–Crippen MR) is 84.2 cm³/mol. The molecule has 0 heterocycles. The molecule has 0 atom stereocenters. The molecule has 0 bridgehead atoms. The molecule has 0 aliphatic carbocycles. The Labute approximate surface area is 136 Å². The summed E-state index contributed by atoms with van der Waals surface area (Å²) in [5.41, 5.74) is 1.80. The molecule has 2 aromatic rings. The average molecular weight is 482 g/mol. The van der Waals surface area contributed by atoms with E-state index >= 15 is 0 Å².